The van der Waals surface area contributed by atoms with Crippen molar-refractivity contribution in [2.45, 2.75) is 33.7 Å². The Balaban J connectivity index is 1.95. The van der Waals surface area contributed by atoms with Crippen molar-refractivity contribution in [3.63, 3.8) is 0 Å². The van der Waals surface area contributed by atoms with Crippen molar-refractivity contribution in [3.8, 4) is 17.2 Å². The van der Waals surface area contributed by atoms with Crippen LogP contribution in [0.25, 0.3) is 6.08 Å². The second kappa shape index (κ2) is 10.8. The molecule has 1 N–H and O–H groups in total. The Bertz CT molecular complexity index is 1500. The number of hydrogen-bond acceptors (Lipinski definition) is 8. The van der Waals surface area contributed by atoms with Gasteiger partial charge in [-0.05, 0) is 69.2 Å². The van der Waals surface area contributed by atoms with Crippen molar-refractivity contribution in [1.82, 2.24) is 4.57 Å². The van der Waals surface area contributed by atoms with Crippen LogP contribution in [0.15, 0.2) is 63.5 Å². The summed E-state index contributed by atoms with van der Waals surface area (Å²) in [7, 11) is 0. The molecule has 1 aliphatic heterocycles. The topological polar surface area (TPSA) is 99.4 Å². The Labute approximate surface area is 212 Å². The van der Waals surface area contributed by atoms with Crippen molar-refractivity contribution >= 4 is 23.4 Å². The molecule has 0 fully saturated rings. The quantitative estimate of drug-likeness (QED) is 0.469. The molecule has 0 spiro atoms. The lowest BCUT2D eigenvalue weighted by Crippen LogP contribution is -2.40. The van der Waals surface area contributed by atoms with Gasteiger partial charge in [0.2, 0.25) is 0 Å². The third kappa shape index (κ3) is 4.92. The Morgan fingerprint density at radius 3 is 2.53 bits per heavy atom. The van der Waals surface area contributed by atoms with Gasteiger partial charge in [0, 0.05) is 0 Å². The largest absolute Gasteiger partial charge is 0.508 e. The number of thiazole rings is 1. The molecule has 0 bridgehead atoms. The third-order valence-electron chi connectivity index (χ3n) is 5.57. The monoisotopic (exact) mass is 508 g/mol. The normalized spacial score (nSPS) is 15.3. The molecule has 0 saturated carbocycles. The minimum Gasteiger partial charge on any atom is -0.508 e. The summed E-state index contributed by atoms with van der Waals surface area (Å²) < 4.78 is 18.8. The number of carbonyl (C=O) groups is 1. The molecule has 9 heteroatoms. The molecule has 0 unspecified atom stereocenters. The van der Waals surface area contributed by atoms with Crippen LogP contribution >= 0.6 is 11.3 Å². The molecule has 0 aliphatic carbocycles. The smallest absolute Gasteiger partial charge is 0.338 e. The van der Waals surface area contributed by atoms with Gasteiger partial charge >= 0.3 is 5.97 Å². The number of rotatable bonds is 8. The first-order valence-corrected chi connectivity index (χ1v) is 12.6. The highest BCUT2D eigenvalue weighted by Gasteiger charge is 2.34. The van der Waals surface area contributed by atoms with E-state index in [0.717, 1.165) is 0 Å². The molecule has 1 aliphatic rings. The lowest BCUT2D eigenvalue weighted by molar-refractivity contribution is -0.139. The number of hydrogen-bond donors (Lipinski definition) is 1. The van der Waals surface area contributed by atoms with E-state index in [2.05, 4.69) is 4.99 Å². The van der Waals surface area contributed by atoms with E-state index in [9.17, 15) is 14.7 Å². The van der Waals surface area contributed by atoms with Gasteiger partial charge < -0.3 is 19.3 Å². The second-order valence-electron chi connectivity index (χ2n) is 7.97. The molecular weight excluding hydrogens is 480 g/mol. The highest BCUT2D eigenvalue weighted by molar-refractivity contribution is 7.07. The maximum atomic E-state index is 13.7. The summed E-state index contributed by atoms with van der Waals surface area (Å²) in [6, 6.07) is 11.3. The molecule has 1 aromatic heterocycles. The maximum absolute atomic E-state index is 13.7. The van der Waals surface area contributed by atoms with Gasteiger partial charge in [0.05, 0.1) is 41.7 Å². The van der Waals surface area contributed by atoms with Crippen molar-refractivity contribution in [2.24, 2.45) is 4.99 Å². The van der Waals surface area contributed by atoms with E-state index in [1.807, 2.05) is 19.9 Å². The molecule has 1 atom stereocenters. The van der Waals surface area contributed by atoms with Crippen LogP contribution in [0.4, 0.5) is 0 Å². The summed E-state index contributed by atoms with van der Waals surface area (Å²) in [5.74, 6) is 0.680. The molecule has 8 nitrogen and oxygen atoms in total. The number of aromatic nitrogens is 1. The molecule has 0 radical (unpaired) electrons. The SMILES string of the molecule is CCOC(=O)C1=C(C)N=c2s/c(=C\c3cccc(O)c3)c(=O)n2[C@@H]1c1ccc(OCC)c(OCC)c1. The van der Waals surface area contributed by atoms with E-state index in [1.54, 1.807) is 56.3 Å². The van der Waals surface area contributed by atoms with Gasteiger partial charge in [-0.2, -0.15) is 0 Å². The lowest BCUT2D eigenvalue weighted by atomic mass is 9.95. The van der Waals surface area contributed by atoms with E-state index < -0.39 is 12.0 Å². The molecule has 0 saturated heterocycles. The van der Waals surface area contributed by atoms with E-state index in [-0.39, 0.29) is 17.9 Å². The first-order chi connectivity index (χ1) is 17.4. The summed E-state index contributed by atoms with van der Waals surface area (Å²) in [4.78, 5) is 31.8. The van der Waals surface area contributed by atoms with Crippen LogP contribution < -0.4 is 24.4 Å². The Kier molecular flexibility index (Phi) is 7.59. The fraction of sp³-hybridized carbons (Fsp3) is 0.296. The van der Waals surface area contributed by atoms with Crippen molar-refractivity contribution in [1.29, 1.82) is 0 Å². The molecule has 2 heterocycles. The lowest BCUT2D eigenvalue weighted by Gasteiger charge is -2.25. The summed E-state index contributed by atoms with van der Waals surface area (Å²) >= 11 is 1.22. The number of fused-ring (bicyclic) bond motifs is 1. The molecule has 36 heavy (non-hydrogen) atoms. The van der Waals surface area contributed by atoms with E-state index in [4.69, 9.17) is 14.2 Å². The number of aromatic hydroxyl groups is 1. The molecular formula is C27H28N2O6S. The average molecular weight is 509 g/mol. The number of benzene rings is 2. The number of ether oxygens (including phenoxy) is 3. The van der Waals surface area contributed by atoms with Crippen LogP contribution in [-0.2, 0) is 9.53 Å². The fourth-order valence-corrected chi connectivity index (χ4v) is 5.16. The molecule has 2 aromatic carbocycles. The van der Waals surface area contributed by atoms with Gasteiger partial charge in [-0.1, -0.05) is 29.5 Å². The van der Waals surface area contributed by atoms with E-state index in [1.165, 1.54) is 15.9 Å². The van der Waals surface area contributed by atoms with Gasteiger partial charge in [-0.15, -0.1) is 0 Å². The molecule has 0 amide bonds. The summed E-state index contributed by atoms with van der Waals surface area (Å²) in [6.07, 6.45) is 1.70. The van der Waals surface area contributed by atoms with Crippen LogP contribution in [-0.4, -0.2) is 35.5 Å². The van der Waals surface area contributed by atoms with Crippen LogP contribution in [0.5, 0.6) is 17.2 Å². The van der Waals surface area contributed by atoms with Crippen molar-refractivity contribution < 1.29 is 24.1 Å². The second-order valence-corrected chi connectivity index (χ2v) is 8.98. The molecule has 188 valence electrons. The first-order valence-electron chi connectivity index (χ1n) is 11.8. The zero-order chi connectivity index (χ0) is 25.8. The standard InChI is InChI=1S/C27H28N2O6S/c1-5-33-20-12-11-18(15-21(20)34-6-2)24-23(26(32)35-7-3)16(4)28-27-29(24)25(31)22(36-27)14-17-9-8-10-19(30)13-17/h8-15,24,30H,5-7H2,1-4H3/b22-14-/t24-/m1/s1. The third-order valence-corrected chi connectivity index (χ3v) is 6.55. The van der Waals surface area contributed by atoms with Crippen LogP contribution in [0.2, 0.25) is 0 Å². The summed E-state index contributed by atoms with van der Waals surface area (Å²) in [6.45, 7) is 8.32. The van der Waals surface area contributed by atoms with Gasteiger partial charge in [0.15, 0.2) is 16.3 Å². The number of phenols is 1. The van der Waals surface area contributed by atoms with Gasteiger partial charge in [0.25, 0.3) is 5.56 Å². The van der Waals surface area contributed by atoms with E-state index >= 15 is 0 Å². The predicted molar refractivity (Wildman–Crippen MR) is 137 cm³/mol. The van der Waals surface area contributed by atoms with Gasteiger partial charge in [-0.3, -0.25) is 9.36 Å². The Hall–Kier alpha value is -3.85. The average Bonchev–Trinajstić information content (AvgIpc) is 3.14. The van der Waals surface area contributed by atoms with Crippen molar-refractivity contribution in [3.05, 3.63) is 84.5 Å². The highest BCUT2D eigenvalue weighted by atomic mass is 32.1. The molecule has 4 rings (SSSR count). The first kappa shape index (κ1) is 25.2. The molecule has 3 aromatic rings. The minimum absolute atomic E-state index is 0.104. The fourth-order valence-electron chi connectivity index (χ4n) is 4.11. The van der Waals surface area contributed by atoms with Gasteiger partial charge in [0.1, 0.15) is 5.75 Å². The maximum Gasteiger partial charge on any atom is 0.338 e. The number of nitrogens with zero attached hydrogens (tertiary/aromatic N) is 2. The van der Waals surface area contributed by atoms with Crippen molar-refractivity contribution in [2.75, 3.05) is 19.8 Å². The van der Waals surface area contributed by atoms with Gasteiger partial charge in [-0.25, -0.2) is 9.79 Å². The summed E-state index contributed by atoms with van der Waals surface area (Å²) in [5, 5.41) is 9.83. The minimum atomic E-state index is -0.762. The Morgan fingerprint density at radius 1 is 1.08 bits per heavy atom. The number of allylic oxidation sites excluding steroid dienone is 1. The number of phenolic OH excluding ortho intramolecular Hbond substituents is 1. The summed E-state index contributed by atoms with van der Waals surface area (Å²) in [5.41, 5.74) is 1.82. The highest BCUT2D eigenvalue weighted by Crippen LogP contribution is 2.36. The van der Waals surface area contributed by atoms with Crippen LogP contribution in [0.3, 0.4) is 0 Å². The van der Waals surface area contributed by atoms with Crippen LogP contribution in [0, 0.1) is 0 Å². The zero-order valence-corrected chi connectivity index (χ0v) is 21.4. The number of carbonyl (C=O) groups excluding carboxylic acids is 1. The predicted octanol–water partition coefficient (Wildman–Crippen LogP) is 3.30. The Morgan fingerprint density at radius 2 is 1.83 bits per heavy atom. The van der Waals surface area contributed by atoms with E-state index in [0.29, 0.717) is 56.4 Å². The zero-order valence-electron chi connectivity index (χ0n) is 20.6. The van der Waals surface area contributed by atoms with Crippen LogP contribution in [0.1, 0.15) is 44.9 Å². The number of esters is 1.